The number of carbonyl (C=O) groups excluding carboxylic acids is 1. The van der Waals surface area contributed by atoms with Crippen LogP contribution in [-0.2, 0) is 0 Å². The second-order valence-electron chi connectivity index (χ2n) is 7.52. The van der Waals surface area contributed by atoms with Crippen molar-refractivity contribution in [3.63, 3.8) is 0 Å². The van der Waals surface area contributed by atoms with Crippen molar-refractivity contribution in [1.82, 2.24) is 14.5 Å². The van der Waals surface area contributed by atoms with Gasteiger partial charge in [-0.3, -0.25) is 4.79 Å². The molecule has 0 spiro atoms. The van der Waals surface area contributed by atoms with E-state index in [1.165, 1.54) is 12.1 Å². The Morgan fingerprint density at radius 1 is 1.19 bits per heavy atom. The highest BCUT2D eigenvalue weighted by atomic mass is 19.1. The number of likely N-dealkylation sites (tertiary alicyclic amines) is 1. The van der Waals surface area contributed by atoms with Crippen LogP contribution in [0.15, 0.2) is 48.5 Å². The Kier molecular flexibility index (Phi) is 4.68. The van der Waals surface area contributed by atoms with Crippen LogP contribution in [0.5, 0.6) is 0 Å². The fraction of sp³-hybridized carbons (Fsp3) is 0.364. The van der Waals surface area contributed by atoms with E-state index in [1.807, 2.05) is 23.1 Å². The molecule has 0 radical (unpaired) electrons. The lowest BCUT2D eigenvalue weighted by Crippen LogP contribution is -2.39. The summed E-state index contributed by atoms with van der Waals surface area (Å²) in [6.07, 6.45) is 1.93. The van der Waals surface area contributed by atoms with E-state index in [0.29, 0.717) is 24.7 Å². The third kappa shape index (κ3) is 3.34. The minimum absolute atomic E-state index is 0.105. The van der Waals surface area contributed by atoms with Crippen LogP contribution in [0.3, 0.4) is 0 Å². The van der Waals surface area contributed by atoms with Gasteiger partial charge in [0.2, 0.25) is 0 Å². The molecule has 1 saturated heterocycles. The Morgan fingerprint density at radius 2 is 2.00 bits per heavy atom. The number of benzene rings is 2. The van der Waals surface area contributed by atoms with E-state index < -0.39 is 0 Å². The van der Waals surface area contributed by atoms with Gasteiger partial charge >= 0.3 is 0 Å². The highest BCUT2D eigenvalue weighted by Gasteiger charge is 2.29. The van der Waals surface area contributed by atoms with Gasteiger partial charge in [-0.2, -0.15) is 0 Å². The molecule has 1 unspecified atom stereocenters. The predicted molar refractivity (Wildman–Crippen MR) is 104 cm³/mol. The van der Waals surface area contributed by atoms with Crippen molar-refractivity contribution < 1.29 is 9.18 Å². The van der Waals surface area contributed by atoms with Crippen LogP contribution in [-0.4, -0.2) is 33.4 Å². The fourth-order valence-corrected chi connectivity index (χ4v) is 4.07. The zero-order chi connectivity index (χ0) is 19.0. The third-order valence-electron chi connectivity index (χ3n) is 5.28. The van der Waals surface area contributed by atoms with Crippen LogP contribution in [0.1, 0.15) is 54.8 Å². The number of aromatic nitrogens is 2. The Morgan fingerprint density at radius 3 is 2.78 bits per heavy atom. The van der Waals surface area contributed by atoms with E-state index in [4.69, 9.17) is 4.98 Å². The smallest absolute Gasteiger partial charge is 0.253 e. The summed E-state index contributed by atoms with van der Waals surface area (Å²) in [5.41, 5.74) is 2.54. The third-order valence-corrected chi connectivity index (χ3v) is 5.28. The van der Waals surface area contributed by atoms with Crippen LogP contribution >= 0.6 is 0 Å². The molecule has 2 aromatic carbocycles. The Balaban J connectivity index is 1.65. The monoisotopic (exact) mass is 365 g/mol. The van der Waals surface area contributed by atoms with E-state index in [-0.39, 0.29) is 17.6 Å². The second kappa shape index (κ2) is 7.14. The number of rotatable bonds is 3. The molecule has 140 valence electrons. The summed E-state index contributed by atoms with van der Waals surface area (Å²) in [5, 5.41) is 0. The van der Waals surface area contributed by atoms with Gasteiger partial charge in [0, 0.05) is 30.6 Å². The fourth-order valence-electron chi connectivity index (χ4n) is 4.07. The maximum atomic E-state index is 13.5. The summed E-state index contributed by atoms with van der Waals surface area (Å²) >= 11 is 0. The largest absolute Gasteiger partial charge is 0.338 e. The van der Waals surface area contributed by atoms with Crippen LogP contribution < -0.4 is 0 Å². The molecule has 1 atom stereocenters. The number of hydrogen-bond donors (Lipinski definition) is 0. The van der Waals surface area contributed by atoms with Crippen molar-refractivity contribution in [2.75, 3.05) is 13.1 Å². The molecule has 1 aliphatic heterocycles. The van der Waals surface area contributed by atoms with Gasteiger partial charge in [-0.1, -0.05) is 18.2 Å². The molecule has 27 heavy (non-hydrogen) atoms. The van der Waals surface area contributed by atoms with Gasteiger partial charge in [0.25, 0.3) is 5.91 Å². The maximum absolute atomic E-state index is 13.5. The molecule has 4 nitrogen and oxygen atoms in total. The quantitative estimate of drug-likeness (QED) is 0.670. The molecular weight excluding hydrogens is 341 g/mol. The maximum Gasteiger partial charge on any atom is 0.253 e. The van der Waals surface area contributed by atoms with E-state index in [9.17, 15) is 9.18 Å². The van der Waals surface area contributed by atoms with Gasteiger partial charge in [0.15, 0.2) is 0 Å². The molecule has 4 rings (SSSR count). The van der Waals surface area contributed by atoms with Crippen LogP contribution in [0.2, 0.25) is 0 Å². The summed E-state index contributed by atoms with van der Waals surface area (Å²) in [5.74, 6) is 0.747. The highest BCUT2D eigenvalue weighted by Crippen LogP contribution is 2.32. The van der Waals surface area contributed by atoms with Crippen molar-refractivity contribution in [1.29, 1.82) is 0 Å². The van der Waals surface area contributed by atoms with Crippen LogP contribution in [0, 0.1) is 5.82 Å². The summed E-state index contributed by atoms with van der Waals surface area (Å²) in [4.78, 5) is 19.6. The van der Waals surface area contributed by atoms with Gasteiger partial charge in [-0.25, -0.2) is 9.37 Å². The number of piperidine rings is 1. The predicted octanol–water partition coefficient (Wildman–Crippen LogP) is 4.78. The first-order valence-electron chi connectivity index (χ1n) is 9.56. The number of nitrogens with zero attached hydrogens (tertiary/aromatic N) is 3. The topological polar surface area (TPSA) is 38.1 Å². The van der Waals surface area contributed by atoms with Gasteiger partial charge in [0.05, 0.1) is 11.0 Å². The molecular formula is C22H24FN3O. The van der Waals surface area contributed by atoms with Gasteiger partial charge in [-0.05, 0) is 57.0 Å². The Bertz CT molecular complexity index is 979. The molecule has 1 fully saturated rings. The lowest BCUT2D eigenvalue weighted by molar-refractivity contribution is 0.0702. The Hall–Kier alpha value is -2.69. The van der Waals surface area contributed by atoms with Crippen molar-refractivity contribution in [2.24, 2.45) is 0 Å². The van der Waals surface area contributed by atoms with E-state index >= 15 is 0 Å². The first-order valence-corrected chi connectivity index (χ1v) is 9.56. The molecule has 2 heterocycles. The van der Waals surface area contributed by atoms with Gasteiger partial charge in [0.1, 0.15) is 11.6 Å². The summed E-state index contributed by atoms with van der Waals surface area (Å²) in [6.45, 7) is 5.64. The first-order chi connectivity index (χ1) is 13.0. The Labute approximate surface area is 158 Å². The number of hydrogen-bond acceptors (Lipinski definition) is 2. The molecule has 1 amide bonds. The van der Waals surface area contributed by atoms with E-state index in [2.05, 4.69) is 24.5 Å². The standard InChI is InChI=1S/C22H24FN3O/c1-15(2)26-20-11-4-3-10-19(20)24-21(26)17-8-6-12-25(14-17)22(27)16-7-5-9-18(23)13-16/h3-5,7,9-11,13,15,17H,6,8,12,14H2,1-2H3. The second-order valence-corrected chi connectivity index (χ2v) is 7.52. The van der Waals surface area contributed by atoms with Crippen molar-refractivity contribution in [2.45, 2.75) is 38.6 Å². The molecule has 1 aliphatic rings. The molecule has 0 saturated carbocycles. The summed E-state index contributed by atoms with van der Waals surface area (Å²) < 4.78 is 15.8. The van der Waals surface area contributed by atoms with Crippen molar-refractivity contribution in [3.05, 3.63) is 65.7 Å². The lowest BCUT2D eigenvalue weighted by atomic mass is 9.96. The number of amides is 1. The number of carbonyl (C=O) groups is 1. The highest BCUT2D eigenvalue weighted by molar-refractivity contribution is 5.94. The first kappa shape index (κ1) is 17.7. The lowest BCUT2D eigenvalue weighted by Gasteiger charge is -2.33. The van der Waals surface area contributed by atoms with Gasteiger partial charge < -0.3 is 9.47 Å². The van der Waals surface area contributed by atoms with Crippen LogP contribution in [0.4, 0.5) is 4.39 Å². The van der Waals surface area contributed by atoms with Crippen LogP contribution in [0.25, 0.3) is 11.0 Å². The number of para-hydroxylation sites is 2. The van der Waals surface area contributed by atoms with E-state index in [0.717, 1.165) is 29.7 Å². The molecule has 0 aliphatic carbocycles. The molecule has 3 aromatic rings. The number of imidazole rings is 1. The normalized spacial score (nSPS) is 17.6. The van der Waals surface area contributed by atoms with Gasteiger partial charge in [-0.15, -0.1) is 0 Å². The zero-order valence-corrected chi connectivity index (χ0v) is 15.7. The van der Waals surface area contributed by atoms with Crippen molar-refractivity contribution >= 4 is 16.9 Å². The zero-order valence-electron chi connectivity index (χ0n) is 15.7. The number of fused-ring (bicyclic) bond motifs is 1. The molecule has 0 bridgehead atoms. The minimum atomic E-state index is -0.379. The van der Waals surface area contributed by atoms with E-state index in [1.54, 1.807) is 12.1 Å². The minimum Gasteiger partial charge on any atom is -0.338 e. The summed E-state index contributed by atoms with van der Waals surface area (Å²) in [6, 6.07) is 14.4. The molecule has 0 N–H and O–H groups in total. The average molecular weight is 365 g/mol. The van der Waals surface area contributed by atoms with Crippen molar-refractivity contribution in [3.8, 4) is 0 Å². The average Bonchev–Trinajstić information content (AvgIpc) is 3.07. The number of halogens is 1. The summed E-state index contributed by atoms with van der Waals surface area (Å²) in [7, 11) is 0. The molecule has 5 heteroatoms. The SMILES string of the molecule is CC(C)n1c(C2CCCN(C(=O)c3cccc(F)c3)C2)nc2ccccc21. The molecule has 1 aromatic heterocycles.